The summed E-state index contributed by atoms with van der Waals surface area (Å²) in [5, 5.41) is 2.99. The van der Waals surface area contributed by atoms with E-state index in [2.05, 4.69) is 36.5 Å². The lowest BCUT2D eigenvalue weighted by molar-refractivity contribution is -0.113. The number of thiazole rings is 1. The van der Waals surface area contributed by atoms with Crippen LogP contribution in [0.25, 0.3) is 6.08 Å². The van der Waals surface area contributed by atoms with Crippen molar-refractivity contribution < 1.29 is 14.3 Å². The maximum atomic E-state index is 14.0. The van der Waals surface area contributed by atoms with Gasteiger partial charge in [-0.05, 0) is 79.9 Å². The molecule has 0 radical (unpaired) electrons. The van der Waals surface area contributed by atoms with Crippen LogP contribution in [0.1, 0.15) is 42.1 Å². The molecular formula is C37H33N3O4S. The predicted octanol–water partition coefficient (Wildman–Crippen LogP) is 6.16. The normalized spacial score (nSPS) is 14.5. The van der Waals surface area contributed by atoms with Gasteiger partial charge in [-0.2, -0.15) is 0 Å². The van der Waals surface area contributed by atoms with E-state index in [0.717, 1.165) is 28.2 Å². The number of hydrogen-bond acceptors (Lipinski definition) is 6. The van der Waals surface area contributed by atoms with Crippen LogP contribution in [0.4, 0.5) is 5.69 Å². The molecule has 7 nitrogen and oxygen atoms in total. The van der Waals surface area contributed by atoms with Crippen molar-refractivity contribution in [3.8, 4) is 11.5 Å². The predicted molar refractivity (Wildman–Crippen MR) is 178 cm³/mol. The van der Waals surface area contributed by atoms with Gasteiger partial charge in [0.1, 0.15) is 18.1 Å². The van der Waals surface area contributed by atoms with Gasteiger partial charge in [-0.15, -0.1) is 0 Å². The number of fused-ring (bicyclic) bond motifs is 1. The van der Waals surface area contributed by atoms with Crippen LogP contribution in [-0.4, -0.2) is 17.1 Å². The quantitative estimate of drug-likeness (QED) is 0.215. The third-order valence-corrected chi connectivity index (χ3v) is 8.49. The molecule has 1 atom stereocenters. The molecule has 0 saturated carbocycles. The molecule has 1 aliphatic rings. The molecule has 0 spiro atoms. The number of anilines is 1. The van der Waals surface area contributed by atoms with Crippen LogP contribution < -0.4 is 29.7 Å². The molecule has 226 valence electrons. The van der Waals surface area contributed by atoms with E-state index in [-0.39, 0.29) is 11.5 Å². The number of rotatable bonds is 9. The number of benzene rings is 4. The van der Waals surface area contributed by atoms with E-state index < -0.39 is 6.04 Å². The molecular weight excluding hydrogens is 582 g/mol. The van der Waals surface area contributed by atoms with E-state index >= 15 is 0 Å². The number of aromatic nitrogens is 1. The van der Waals surface area contributed by atoms with Crippen molar-refractivity contribution >= 4 is 29.0 Å². The Hall–Kier alpha value is -5.21. The van der Waals surface area contributed by atoms with Gasteiger partial charge in [0.15, 0.2) is 4.80 Å². The lowest BCUT2D eigenvalue weighted by atomic mass is 9.95. The summed E-state index contributed by atoms with van der Waals surface area (Å²) >= 11 is 1.31. The summed E-state index contributed by atoms with van der Waals surface area (Å²) in [4.78, 5) is 33.1. The lowest BCUT2D eigenvalue weighted by Gasteiger charge is -2.25. The summed E-state index contributed by atoms with van der Waals surface area (Å²) < 4.78 is 13.8. The summed E-state index contributed by atoms with van der Waals surface area (Å²) in [6.07, 6.45) is 1.85. The molecule has 0 bridgehead atoms. The van der Waals surface area contributed by atoms with Gasteiger partial charge >= 0.3 is 0 Å². The number of aryl methyl sites for hydroxylation is 1. The second-order valence-electron chi connectivity index (χ2n) is 10.7. The first-order chi connectivity index (χ1) is 21.9. The molecule has 4 aromatic carbocycles. The van der Waals surface area contributed by atoms with Crippen LogP contribution in [0, 0.1) is 6.92 Å². The standard InChI is InChI=1S/C37H33N3O4S/c1-4-43-30-20-16-28(17-21-30)34-33(35(41)39-29-8-6-5-7-9-29)25(3)38-37-40(34)36(42)32(45-37)22-26-14-18-31(19-15-26)44-23-27-12-10-24(2)11-13-27/h5-22,34H,4,23H2,1-3H3,(H,39,41)/b32-22-/t34-/m0/s1. The number of nitrogens with zero attached hydrogens (tertiary/aromatic N) is 2. The molecule has 8 heteroatoms. The lowest BCUT2D eigenvalue weighted by Crippen LogP contribution is -2.40. The summed E-state index contributed by atoms with van der Waals surface area (Å²) in [5.41, 5.74) is 5.38. The topological polar surface area (TPSA) is 81.9 Å². The van der Waals surface area contributed by atoms with Gasteiger partial charge in [0.25, 0.3) is 11.5 Å². The van der Waals surface area contributed by atoms with E-state index in [4.69, 9.17) is 14.5 Å². The average molecular weight is 616 g/mol. The highest BCUT2D eigenvalue weighted by Crippen LogP contribution is 2.32. The Morgan fingerprint density at radius 1 is 0.889 bits per heavy atom. The number of ether oxygens (including phenoxy) is 2. The fourth-order valence-electron chi connectivity index (χ4n) is 5.22. The van der Waals surface area contributed by atoms with E-state index in [9.17, 15) is 9.59 Å². The van der Waals surface area contributed by atoms with Crippen molar-refractivity contribution in [2.75, 3.05) is 11.9 Å². The van der Waals surface area contributed by atoms with Crippen LogP contribution >= 0.6 is 11.3 Å². The second-order valence-corrected chi connectivity index (χ2v) is 11.8. The fourth-order valence-corrected chi connectivity index (χ4v) is 6.27. The second kappa shape index (κ2) is 13.2. The first-order valence-electron chi connectivity index (χ1n) is 14.8. The Kier molecular flexibility index (Phi) is 8.75. The highest BCUT2D eigenvalue weighted by molar-refractivity contribution is 7.07. The molecule has 5 aromatic rings. The Morgan fingerprint density at radius 2 is 1.56 bits per heavy atom. The van der Waals surface area contributed by atoms with Crippen molar-refractivity contribution in [3.63, 3.8) is 0 Å². The zero-order valence-electron chi connectivity index (χ0n) is 25.3. The number of para-hydroxylation sites is 1. The molecule has 45 heavy (non-hydrogen) atoms. The van der Waals surface area contributed by atoms with Crippen molar-refractivity contribution in [2.24, 2.45) is 4.99 Å². The van der Waals surface area contributed by atoms with Gasteiger partial charge in [-0.3, -0.25) is 14.2 Å². The van der Waals surface area contributed by atoms with Crippen LogP contribution in [0.3, 0.4) is 0 Å². The summed E-state index contributed by atoms with van der Waals surface area (Å²) in [6.45, 7) is 6.81. The molecule has 2 heterocycles. The van der Waals surface area contributed by atoms with E-state index in [1.807, 2.05) is 98.8 Å². The highest BCUT2D eigenvalue weighted by atomic mass is 32.1. The molecule has 6 rings (SSSR count). The maximum Gasteiger partial charge on any atom is 0.271 e. The summed E-state index contributed by atoms with van der Waals surface area (Å²) in [5.74, 6) is 1.15. The third-order valence-electron chi connectivity index (χ3n) is 7.51. The van der Waals surface area contributed by atoms with E-state index in [1.54, 1.807) is 4.57 Å². The van der Waals surface area contributed by atoms with Crippen LogP contribution in [0.15, 0.2) is 124 Å². The van der Waals surface area contributed by atoms with Crippen molar-refractivity contribution in [3.05, 3.63) is 156 Å². The van der Waals surface area contributed by atoms with Gasteiger partial charge in [0.2, 0.25) is 0 Å². The van der Waals surface area contributed by atoms with Crippen LogP contribution in [0.2, 0.25) is 0 Å². The molecule has 1 aliphatic heterocycles. The van der Waals surface area contributed by atoms with Gasteiger partial charge in [-0.1, -0.05) is 83.6 Å². The van der Waals surface area contributed by atoms with E-state index in [0.29, 0.717) is 39.5 Å². The minimum Gasteiger partial charge on any atom is -0.494 e. The summed E-state index contributed by atoms with van der Waals surface area (Å²) in [6, 6.07) is 32.0. The highest BCUT2D eigenvalue weighted by Gasteiger charge is 2.32. The Labute approximate surface area is 265 Å². The van der Waals surface area contributed by atoms with Crippen molar-refractivity contribution in [2.45, 2.75) is 33.4 Å². The Balaban J connectivity index is 1.34. The first-order valence-corrected chi connectivity index (χ1v) is 15.6. The van der Waals surface area contributed by atoms with Crippen LogP contribution in [-0.2, 0) is 11.4 Å². The molecule has 0 saturated heterocycles. The zero-order valence-corrected chi connectivity index (χ0v) is 26.1. The molecule has 1 amide bonds. The minimum absolute atomic E-state index is 0.213. The maximum absolute atomic E-state index is 14.0. The monoisotopic (exact) mass is 615 g/mol. The Morgan fingerprint density at radius 3 is 2.24 bits per heavy atom. The number of allylic oxidation sites excluding steroid dienone is 1. The molecule has 0 unspecified atom stereocenters. The van der Waals surface area contributed by atoms with Gasteiger partial charge in [-0.25, -0.2) is 4.99 Å². The van der Waals surface area contributed by atoms with E-state index in [1.165, 1.54) is 16.9 Å². The first kappa shape index (κ1) is 29.8. The third kappa shape index (κ3) is 6.66. The van der Waals surface area contributed by atoms with Gasteiger partial charge in [0.05, 0.1) is 28.5 Å². The number of amides is 1. The number of nitrogens with one attached hydrogen (secondary N) is 1. The largest absolute Gasteiger partial charge is 0.494 e. The SMILES string of the molecule is CCOc1ccc([C@H]2C(C(=O)Nc3ccccc3)=C(C)N=c3s/c(=C\c4ccc(OCc5ccc(C)cc5)cc4)c(=O)n32)cc1. The van der Waals surface area contributed by atoms with Gasteiger partial charge < -0.3 is 14.8 Å². The molecule has 0 aliphatic carbocycles. The molecule has 0 fully saturated rings. The number of carbonyl (C=O) groups excluding carboxylic acids is 1. The average Bonchev–Trinajstić information content (AvgIpc) is 3.35. The smallest absolute Gasteiger partial charge is 0.271 e. The van der Waals surface area contributed by atoms with Crippen LogP contribution in [0.5, 0.6) is 11.5 Å². The minimum atomic E-state index is -0.666. The molecule has 1 aromatic heterocycles. The zero-order chi connectivity index (χ0) is 31.3. The number of hydrogen-bond donors (Lipinski definition) is 1. The molecule has 1 N–H and O–H groups in total. The Bertz CT molecular complexity index is 2030. The fraction of sp³-hybridized carbons (Fsp3) is 0.162. The number of carbonyl (C=O) groups is 1. The van der Waals surface area contributed by atoms with Crippen molar-refractivity contribution in [1.29, 1.82) is 0 Å². The summed E-state index contributed by atoms with van der Waals surface area (Å²) in [7, 11) is 0. The van der Waals surface area contributed by atoms with Gasteiger partial charge in [0, 0.05) is 5.69 Å². The van der Waals surface area contributed by atoms with Crippen molar-refractivity contribution in [1.82, 2.24) is 4.57 Å².